The van der Waals surface area contributed by atoms with Crippen molar-refractivity contribution in [1.82, 2.24) is 4.98 Å². The molecule has 1 N–H and O–H groups in total. The van der Waals surface area contributed by atoms with Crippen molar-refractivity contribution in [3.05, 3.63) is 26.9 Å². The fraction of sp³-hybridized carbons (Fsp3) is 0.200. The molecular formula is C10H9NO2S2. The van der Waals surface area contributed by atoms with Crippen molar-refractivity contribution >= 4 is 28.6 Å². The molecule has 5 heteroatoms. The van der Waals surface area contributed by atoms with Gasteiger partial charge in [0.1, 0.15) is 5.01 Å². The second-order valence-corrected chi connectivity index (χ2v) is 5.49. The maximum Gasteiger partial charge on any atom is 0.355 e. The number of thiophene rings is 1. The van der Waals surface area contributed by atoms with E-state index >= 15 is 0 Å². The van der Waals surface area contributed by atoms with Gasteiger partial charge < -0.3 is 5.11 Å². The van der Waals surface area contributed by atoms with E-state index in [4.69, 9.17) is 5.11 Å². The molecule has 0 atom stereocenters. The standard InChI is InChI=1S/C10H9NO2S2/c1-5-3-7(6(2)15-5)9-11-8(4-14-9)10(12)13/h3-4H,1-2H3,(H,12,13). The number of aromatic nitrogens is 1. The number of aryl methyl sites for hydroxylation is 2. The van der Waals surface area contributed by atoms with Crippen molar-refractivity contribution in [3.8, 4) is 10.6 Å². The number of carboxylic acid groups (broad SMARTS) is 1. The molecule has 0 bridgehead atoms. The van der Waals surface area contributed by atoms with Crippen LogP contribution in [0, 0.1) is 13.8 Å². The van der Waals surface area contributed by atoms with Gasteiger partial charge in [-0.3, -0.25) is 0 Å². The Morgan fingerprint density at radius 2 is 2.20 bits per heavy atom. The summed E-state index contributed by atoms with van der Waals surface area (Å²) in [6.07, 6.45) is 0. The van der Waals surface area contributed by atoms with E-state index in [0.717, 1.165) is 10.6 Å². The highest BCUT2D eigenvalue weighted by molar-refractivity contribution is 7.15. The highest BCUT2D eigenvalue weighted by atomic mass is 32.1. The number of aromatic carboxylic acids is 1. The van der Waals surface area contributed by atoms with Crippen LogP contribution in [0.15, 0.2) is 11.4 Å². The Kier molecular flexibility index (Phi) is 2.58. The Morgan fingerprint density at radius 3 is 2.67 bits per heavy atom. The molecule has 0 aliphatic heterocycles. The molecule has 2 aromatic rings. The molecule has 0 amide bonds. The van der Waals surface area contributed by atoms with Crippen LogP contribution in [0.25, 0.3) is 10.6 Å². The summed E-state index contributed by atoms with van der Waals surface area (Å²) in [4.78, 5) is 17.2. The fourth-order valence-corrected chi connectivity index (χ4v) is 3.20. The summed E-state index contributed by atoms with van der Waals surface area (Å²) in [5.41, 5.74) is 1.17. The van der Waals surface area contributed by atoms with Gasteiger partial charge in [-0.2, -0.15) is 0 Å². The number of carboxylic acids is 1. The number of nitrogens with zero attached hydrogens (tertiary/aromatic N) is 1. The van der Waals surface area contributed by atoms with Crippen molar-refractivity contribution in [2.45, 2.75) is 13.8 Å². The summed E-state index contributed by atoms with van der Waals surface area (Å²) in [6.45, 7) is 4.06. The van der Waals surface area contributed by atoms with Crippen LogP contribution in [0.2, 0.25) is 0 Å². The van der Waals surface area contributed by atoms with Gasteiger partial charge in [-0.1, -0.05) is 0 Å². The maximum absolute atomic E-state index is 10.7. The molecular weight excluding hydrogens is 230 g/mol. The molecule has 0 saturated carbocycles. The van der Waals surface area contributed by atoms with Gasteiger partial charge in [-0.25, -0.2) is 9.78 Å². The van der Waals surface area contributed by atoms with Gasteiger partial charge in [-0.05, 0) is 19.9 Å². The lowest BCUT2D eigenvalue weighted by molar-refractivity contribution is 0.0691. The average Bonchev–Trinajstić information content (AvgIpc) is 2.71. The lowest BCUT2D eigenvalue weighted by atomic mass is 10.2. The van der Waals surface area contributed by atoms with E-state index in [2.05, 4.69) is 4.98 Å². The third-order valence-corrected chi connectivity index (χ3v) is 3.84. The minimum absolute atomic E-state index is 0.123. The van der Waals surface area contributed by atoms with E-state index < -0.39 is 5.97 Å². The second kappa shape index (κ2) is 3.75. The summed E-state index contributed by atoms with van der Waals surface area (Å²) >= 11 is 3.07. The lowest BCUT2D eigenvalue weighted by Gasteiger charge is -1.91. The van der Waals surface area contributed by atoms with E-state index in [1.807, 2.05) is 19.9 Å². The Hall–Kier alpha value is -1.20. The molecule has 0 unspecified atom stereocenters. The molecule has 0 aliphatic rings. The first-order valence-corrected chi connectivity index (χ1v) is 6.04. The minimum atomic E-state index is -0.970. The first kappa shape index (κ1) is 10.3. The number of thiazole rings is 1. The quantitative estimate of drug-likeness (QED) is 0.875. The number of rotatable bonds is 2. The molecule has 0 spiro atoms. The van der Waals surface area contributed by atoms with Gasteiger partial charge in [0.15, 0.2) is 5.69 Å². The van der Waals surface area contributed by atoms with Crippen LogP contribution in [-0.4, -0.2) is 16.1 Å². The molecule has 2 heterocycles. The normalized spacial score (nSPS) is 10.5. The van der Waals surface area contributed by atoms with Crippen LogP contribution in [0.1, 0.15) is 20.2 Å². The summed E-state index contributed by atoms with van der Waals surface area (Å²) in [5, 5.41) is 11.1. The first-order valence-electron chi connectivity index (χ1n) is 4.34. The first-order chi connectivity index (χ1) is 7.08. The van der Waals surface area contributed by atoms with Crippen molar-refractivity contribution in [1.29, 1.82) is 0 Å². The van der Waals surface area contributed by atoms with E-state index in [0.29, 0.717) is 0 Å². The predicted molar refractivity (Wildman–Crippen MR) is 61.9 cm³/mol. The Bertz CT molecular complexity index is 513. The zero-order valence-electron chi connectivity index (χ0n) is 8.27. The third-order valence-electron chi connectivity index (χ3n) is 1.99. The molecule has 0 radical (unpaired) electrons. The second-order valence-electron chi connectivity index (χ2n) is 3.17. The van der Waals surface area contributed by atoms with E-state index in [-0.39, 0.29) is 5.69 Å². The van der Waals surface area contributed by atoms with Gasteiger partial charge in [-0.15, -0.1) is 22.7 Å². The van der Waals surface area contributed by atoms with Crippen molar-refractivity contribution < 1.29 is 9.90 Å². The molecule has 0 aliphatic carbocycles. The molecule has 2 rings (SSSR count). The fourth-order valence-electron chi connectivity index (χ4n) is 1.34. The largest absolute Gasteiger partial charge is 0.476 e. The zero-order chi connectivity index (χ0) is 11.0. The van der Waals surface area contributed by atoms with Crippen LogP contribution in [0.4, 0.5) is 0 Å². The third kappa shape index (κ3) is 1.93. The Balaban J connectivity index is 2.45. The summed E-state index contributed by atoms with van der Waals surface area (Å²) in [6, 6.07) is 2.05. The SMILES string of the molecule is Cc1cc(-c2nc(C(=O)O)cs2)c(C)s1. The molecule has 0 fully saturated rings. The van der Waals surface area contributed by atoms with E-state index in [1.165, 1.54) is 21.1 Å². The van der Waals surface area contributed by atoms with E-state index in [9.17, 15) is 4.79 Å². The summed E-state index contributed by atoms with van der Waals surface area (Å²) in [5.74, 6) is -0.970. The number of hydrogen-bond donors (Lipinski definition) is 1. The van der Waals surface area contributed by atoms with Crippen molar-refractivity contribution in [2.75, 3.05) is 0 Å². The number of carbonyl (C=O) groups is 1. The smallest absolute Gasteiger partial charge is 0.355 e. The van der Waals surface area contributed by atoms with Crippen LogP contribution in [0.5, 0.6) is 0 Å². The van der Waals surface area contributed by atoms with Gasteiger partial charge in [0.05, 0.1) is 0 Å². The average molecular weight is 239 g/mol. The van der Waals surface area contributed by atoms with Crippen LogP contribution in [0.3, 0.4) is 0 Å². The molecule has 15 heavy (non-hydrogen) atoms. The monoisotopic (exact) mass is 239 g/mol. The molecule has 3 nitrogen and oxygen atoms in total. The van der Waals surface area contributed by atoms with E-state index in [1.54, 1.807) is 16.7 Å². The van der Waals surface area contributed by atoms with Gasteiger partial charge in [0.2, 0.25) is 0 Å². The van der Waals surface area contributed by atoms with Crippen LogP contribution < -0.4 is 0 Å². The number of hydrogen-bond acceptors (Lipinski definition) is 4. The van der Waals surface area contributed by atoms with Gasteiger partial charge >= 0.3 is 5.97 Å². The molecule has 0 aromatic carbocycles. The highest BCUT2D eigenvalue weighted by Gasteiger charge is 2.13. The Labute approximate surface area is 95.0 Å². The Morgan fingerprint density at radius 1 is 1.47 bits per heavy atom. The lowest BCUT2D eigenvalue weighted by Crippen LogP contribution is -1.95. The topological polar surface area (TPSA) is 50.2 Å². The molecule has 78 valence electrons. The minimum Gasteiger partial charge on any atom is -0.476 e. The van der Waals surface area contributed by atoms with Gasteiger partial charge in [0, 0.05) is 20.7 Å². The highest BCUT2D eigenvalue weighted by Crippen LogP contribution is 2.32. The van der Waals surface area contributed by atoms with Crippen LogP contribution >= 0.6 is 22.7 Å². The molecule has 2 aromatic heterocycles. The zero-order valence-corrected chi connectivity index (χ0v) is 9.91. The van der Waals surface area contributed by atoms with Crippen LogP contribution in [-0.2, 0) is 0 Å². The summed E-state index contributed by atoms with van der Waals surface area (Å²) in [7, 11) is 0. The predicted octanol–water partition coefficient (Wildman–Crippen LogP) is 3.19. The maximum atomic E-state index is 10.7. The van der Waals surface area contributed by atoms with Gasteiger partial charge in [0.25, 0.3) is 0 Å². The molecule has 0 saturated heterocycles. The van der Waals surface area contributed by atoms with Crippen molar-refractivity contribution in [2.24, 2.45) is 0 Å². The van der Waals surface area contributed by atoms with Crippen molar-refractivity contribution in [3.63, 3.8) is 0 Å². The summed E-state index contributed by atoms with van der Waals surface area (Å²) < 4.78 is 0.